The van der Waals surface area contributed by atoms with Gasteiger partial charge in [-0.3, -0.25) is 14.9 Å². The fourth-order valence-corrected chi connectivity index (χ4v) is 4.96. The number of esters is 1. The zero-order valence-corrected chi connectivity index (χ0v) is 18.6. The minimum Gasteiger partial charge on any atom is -0.480 e. The van der Waals surface area contributed by atoms with Gasteiger partial charge in [-0.1, -0.05) is 36.8 Å². The maximum atomic E-state index is 13.3. The predicted molar refractivity (Wildman–Crippen MR) is 116 cm³/mol. The van der Waals surface area contributed by atoms with Crippen LogP contribution in [0.3, 0.4) is 0 Å². The summed E-state index contributed by atoms with van der Waals surface area (Å²) in [4.78, 5) is 39.4. The Balaban J connectivity index is 1.70. The minimum absolute atomic E-state index is 0.0109. The van der Waals surface area contributed by atoms with Crippen LogP contribution in [-0.4, -0.2) is 58.1 Å². The van der Waals surface area contributed by atoms with Crippen molar-refractivity contribution in [2.45, 2.75) is 89.6 Å². The molecule has 1 saturated heterocycles. The van der Waals surface area contributed by atoms with Gasteiger partial charge in [-0.05, 0) is 64.4 Å². The Kier molecular flexibility index (Phi) is 7.70. The number of hydrogen-bond acceptors (Lipinski definition) is 5. The first-order chi connectivity index (χ1) is 14.8. The SMILES string of the molecule is CC(C)OC(=O)C(CCc1ccccc1)NC(C)C(=O)N1C(C(=O)O)CC2CCCC21. The molecule has 3 rings (SSSR count). The molecule has 5 atom stereocenters. The second-order valence-corrected chi connectivity index (χ2v) is 9.04. The van der Waals surface area contributed by atoms with Crippen molar-refractivity contribution >= 4 is 17.8 Å². The lowest BCUT2D eigenvalue weighted by Crippen LogP contribution is -2.55. The molecule has 7 heteroatoms. The summed E-state index contributed by atoms with van der Waals surface area (Å²) >= 11 is 0. The fourth-order valence-electron chi connectivity index (χ4n) is 4.96. The molecule has 1 aliphatic carbocycles. The van der Waals surface area contributed by atoms with Crippen LogP contribution in [0.4, 0.5) is 0 Å². The van der Waals surface area contributed by atoms with Crippen LogP contribution in [0.2, 0.25) is 0 Å². The molecule has 1 saturated carbocycles. The molecule has 7 nitrogen and oxygen atoms in total. The smallest absolute Gasteiger partial charge is 0.326 e. The number of nitrogens with one attached hydrogen (secondary N) is 1. The van der Waals surface area contributed by atoms with Crippen molar-refractivity contribution in [3.63, 3.8) is 0 Å². The number of carbonyl (C=O) groups excluding carboxylic acids is 2. The van der Waals surface area contributed by atoms with E-state index in [1.807, 2.05) is 30.3 Å². The molecule has 0 spiro atoms. The summed E-state index contributed by atoms with van der Waals surface area (Å²) in [6.45, 7) is 5.30. The van der Waals surface area contributed by atoms with Gasteiger partial charge in [0.25, 0.3) is 0 Å². The van der Waals surface area contributed by atoms with Gasteiger partial charge in [0, 0.05) is 6.04 Å². The number of carboxylic acid groups (broad SMARTS) is 1. The molecule has 0 aromatic heterocycles. The quantitative estimate of drug-likeness (QED) is 0.585. The number of carboxylic acids is 1. The van der Waals surface area contributed by atoms with Crippen LogP contribution in [0.25, 0.3) is 0 Å². The molecule has 170 valence electrons. The average Bonchev–Trinajstić information content (AvgIpc) is 3.31. The number of carbonyl (C=O) groups is 3. The summed E-state index contributed by atoms with van der Waals surface area (Å²) in [5.41, 5.74) is 1.10. The zero-order chi connectivity index (χ0) is 22.5. The third-order valence-electron chi connectivity index (χ3n) is 6.40. The summed E-state index contributed by atoms with van der Waals surface area (Å²) < 4.78 is 5.42. The Hall–Kier alpha value is -2.41. The van der Waals surface area contributed by atoms with Gasteiger partial charge in [-0.25, -0.2) is 4.79 Å². The van der Waals surface area contributed by atoms with Crippen molar-refractivity contribution < 1.29 is 24.2 Å². The van der Waals surface area contributed by atoms with Crippen molar-refractivity contribution in [2.24, 2.45) is 5.92 Å². The summed E-state index contributed by atoms with van der Waals surface area (Å²) in [5, 5.41) is 12.8. The van der Waals surface area contributed by atoms with Gasteiger partial charge in [-0.15, -0.1) is 0 Å². The van der Waals surface area contributed by atoms with Crippen LogP contribution in [0, 0.1) is 5.92 Å². The predicted octanol–water partition coefficient (Wildman–Crippen LogP) is 2.77. The number of nitrogens with zero attached hydrogens (tertiary/aromatic N) is 1. The summed E-state index contributed by atoms with van der Waals surface area (Å²) in [5.74, 6) is -1.32. The molecule has 2 N–H and O–H groups in total. The molecule has 5 unspecified atom stereocenters. The van der Waals surface area contributed by atoms with Gasteiger partial charge in [-0.2, -0.15) is 0 Å². The molecule has 1 aromatic carbocycles. The molecule has 31 heavy (non-hydrogen) atoms. The number of amides is 1. The molecule has 1 aliphatic heterocycles. The van der Waals surface area contributed by atoms with E-state index in [1.54, 1.807) is 25.7 Å². The van der Waals surface area contributed by atoms with E-state index in [9.17, 15) is 19.5 Å². The van der Waals surface area contributed by atoms with Crippen molar-refractivity contribution in [3.05, 3.63) is 35.9 Å². The lowest BCUT2D eigenvalue weighted by Gasteiger charge is -2.32. The highest BCUT2D eigenvalue weighted by atomic mass is 16.5. The first kappa shape index (κ1) is 23.3. The second-order valence-electron chi connectivity index (χ2n) is 9.04. The van der Waals surface area contributed by atoms with Crippen LogP contribution in [0.1, 0.15) is 58.4 Å². The third kappa shape index (κ3) is 5.64. The standard InChI is InChI=1S/C24H34N2O5/c1-15(2)31-24(30)19(13-12-17-8-5-4-6-9-17)25-16(3)22(27)26-20-11-7-10-18(20)14-21(26)23(28)29/h4-6,8-9,15-16,18-21,25H,7,10-14H2,1-3H3,(H,28,29). The van der Waals surface area contributed by atoms with E-state index in [4.69, 9.17) is 4.74 Å². The highest BCUT2D eigenvalue weighted by Crippen LogP contribution is 2.41. The third-order valence-corrected chi connectivity index (χ3v) is 6.40. The molecule has 0 radical (unpaired) electrons. The first-order valence-electron chi connectivity index (χ1n) is 11.3. The van der Waals surface area contributed by atoms with Gasteiger partial charge >= 0.3 is 11.9 Å². The maximum Gasteiger partial charge on any atom is 0.326 e. The summed E-state index contributed by atoms with van der Waals surface area (Å²) in [6.07, 6.45) is 4.26. The summed E-state index contributed by atoms with van der Waals surface area (Å²) in [7, 11) is 0. The number of ether oxygens (including phenoxy) is 1. The Morgan fingerprint density at radius 3 is 2.52 bits per heavy atom. The van der Waals surface area contributed by atoms with Crippen LogP contribution < -0.4 is 5.32 Å². The van der Waals surface area contributed by atoms with Gasteiger partial charge in [0.05, 0.1) is 12.1 Å². The number of aryl methyl sites for hydroxylation is 1. The Labute approximate surface area is 184 Å². The normalized spacial score (nSPS) is 24.6. The molecule has 2 fully saturated rings. The van der Waals surface area contributed by atoms with Crippen molar-refractivity contribution in [3.8, 4) is 0 Å². The number of hydrogen-bond donors (Lipinski definition) is 2. The molecule has 1 amide bonds. The summed E-state index contributed by atoms with van der Waals surface area (Å²) in [6, 6.07) is 7.73. The van der Waals surface area contributed by atoms with Crippen molar-refractivity contribution in [2.75, 3.05) is 0 Å². The molecular weight excluding hydrogens is 396 g/mol. The first-order valence-corrected chi connectivity index (χ1v) is 11.3. The average molecular weight is 431 g/mol. The van der Waals surface area contributed by atoms with Gasteiger partial charge in [0.2, 0.25) is 5.91 Å². The molecule has 0 bridgehead atoms. The molecule has 1 aromatic rings. The largest absolute Gasteiger partial charge is 0.480 e. The minimum atomic E-state index is -0.949. The van der Waals surface area contributed by atoms with Crippen LogP contribution >= 0.6 is 0 Å². The fraction of sp³-hybridized carbons (Fsp3) is 0.625. The monoisotopic (exact) mass is 430 g/mol. The lowest BCUT2D eigenvalue weighted by molar-refractivity contribution is -0.153. The number of benzene rings is 1. The Morgan fingerprint density at radius 2 is 1.87 bits per heavy atom. The number of likely N-dealkylation sites (tertiary alicyclic amines) is 1. The number of rotatable bonds is 9. The Morgan fingerprint density at radius 1 is 1.16 bits per heavy atom. The van der Waals surface area contributed by atoms with E-state index in [1.165, 1.54) is 0 Å². The van der Waals surface area contributed by atoms with E-state index in [2.05, 4.69) is 5.32 Å². The van der Waals surface area contributed by atoms with E-state index < -0.39 is 24.1 Å². The van der Waals surface area contributed by atoms with Crippen LogP contribution in [-0.2, 0) is 25.5 Å². The molecule has 2 aliphatic rings. The second kappa shape index (κ2) is 10.3. The van der Waals surface area contributed by atoms with Crippen LogP contribution in [0.5, 0.6) is 0 Å². The van der Waals surface area contributed by atoms with E-state index in [-0.39, 0.29) is 29.9 Å². The Bertz CT molecular complexity index is 781. The highest BCUT2D eigenvalue weighted by molar-refractivity contribution is 5.88. The van der Waals surface area contributed by atoms with Gasteiger partial charge < -0.3 is 14.7 Å². The van der Waals surface area contributed by atoms with E-state index in [0.717, 1.165) is 24.8 Å². The van der Waals surface area contributed by atoms with Crippen molar-refractivity contribution in [1.82, 2.24) is 10.2 Å². The molecular formula is C24H34N2O5. The van der Waals surface area contributed by atoms with Gasteiger partial charge in [0.15, 0.2) is 0 Å². The van der Waals surface area contributed by atoms with Crippen molar-refractivity contribution in [1.29, 1.82) is 0 Å². The maximum absolute atomic E-state index is 13.3. The zero-order valence-electron chi connectivity index (χ0n) is 18.6. The van der Waals surface area contributed by atoms with Crippen LogP contribution in [0.15, 0.2) is 30.3 Å². The topological polar surface area (TPSA) is 95.9 Å². The lowest BCUT2D eigenvalue weighted by atomic mass is 10.0. The number of aliphatic carboxylic acids is 1. The number of fused-ring (bicyclic) bond motifs is 1. The highest BCUT2D eigenvalue weighted by Gasteiger charge is 2.49. The molecule has 1 heterocycles. The van der Waals surface area contributed by atoms with Gasteiger partial charge in [0.1, 0.15) is 12.1 Å². The van der Waals surface area contributed by atoms with E-state index >= 15 is 0 Å². The van der Waals surface area contributed by atoms with E-state index in [0.29, 0.717) is 19.3 Å².